The van der Waals surface area contributed by atoms with Gasteiger partial charge < -0.3 is 9.80 Å². The Morgan fingerprint density at radius 3 is 2.42 bits per heavy atom. The van der Waals surface area contributed by atoms with Gasteiger partial charge >= 0.3 is 0 Å². The average molecular weight is 357 g/mol. The van der Waals surface area contributed by atoms with Crippen LogP contribution in [-0.2, 0) is 4.79 Å². The zero-order valence-corrected chi connectivity index (χ0v) is 16.4. The van der Waals surface area contributed by atoms with E-state index in [2.05, 4.69) is 18.7 Å². The molecule has 0 aromatic carbocycles. The summed E-state index contributed by atoms with van der Waals surface area (Å²) in [5.74, 6) is 3.50. The summed E-state index contributed by atoms with van der Waals surface area (Å²) in [4.78, 5) is 25.6. The van der Waals surface area contributed by atoms with Crippen LogP contribution in [0.25, 0.3) is 0 Å². The summed E-state index contributed by atoms with van der Waals surface area (Å²) in [6.07, 6.45) is 9.45. The lowest BCUT2D eigenvalue weighted by molar-refractivity contribution is -0.151. The lowest BCUT2D eigenvalue weighted by atomic mass is 9.57. The number of hydrogen-bond donors (Lipinski definition) is 0. The largest absolute Gasteiger partial charge is 0.355 e. The number of rotatable bonds is 4. The summed E-state index contributed by atoms with van der Waals surface area (Å²) in [5.41, 5.74) is 1.52. The van der Waals surface area contributed by atoms with Crippen molar-refractivity contribution in [3.8, 4) is 0 Å². The number of piperidine rings is 1. The van der Waals surface area contributed by atoms with Gasteiger partial charge in [-0.2, -0.15) is 0 Å². The van der Waals surface area contributed by atoms with E-state index in [1.165, 1.54) is 12.8 Å². The van der Waals surface area contributed by atoms with Crippen molar-refractivity contribution in [2.45, 2.75) is 58.8 Å². The van der Waals surface area contributed by atoms with Crippen LogP contribution >= 0.6 is 0 Å². The molecule has 0 bridgehead atoms. The molecule has 1 aliphatic carbocycles. The summed E-state index contributed by atoms with van der Waals surface area (Å²) in [6.45, 7) is 10.7. The van der Waals surface area contributed by atoms with Crippen LogP contribution in [0.2, 0.25) is 0 Å². The maximum atomic E-state index is 11.7. The van der Waals surface area contributed by atoms with Crippen molar-refractivity contribution in [1.82, 2.24) is 14.9 Å². The number of nitrogens with zero attached hydrogens (tertiary/aromatic N) is 4. The molecule has 1 spiro atoms. The van der Waals surface area contributed by atoms with Crippen molar-refractivity contribution in [3.05, 3.63) is 18.1 Å². The lowest BCUT2D eigenvalue weighted by Gasteiger charge is -2.59. The molecule has 3 heterocycles. The maximum absolute atomic E-state index is 11.7. The van der Waals surface area contributed by atoms with Crippen LogP contribution < -0.4 is 4.90 Å². The first-order valence-corrected chi connectivity index (χ1v) is 10.3. The summed E-state index contributed by atoms with van der Waals surface area (Å²) in [5, 5.41) is 0. The summed E-state index contributed by atoms with van der Waals surface area (Å²) >= 11 is 0. The van der Waals surface area contributed by atoms with Crippen LogP contribution in [-0.4, -0.2) is 47.0 Å². The van der Waals surface area contributed by atoms with Gasteiger partial charge in [0.15, 0.2) is 0 Å². The van der Waals surface area contributed by atoms with Crippen LogP contribution in [0.1, 0.15) is 64.5 Å². The van der Waals surface area contributed by atoms with Crippen LogP contribution in [0.15, 0.2) is 12.4 Å². The second-order valence-electron chi connectivity index (χ2n) is 9.08. The summed E-state index contributed by atoms with van der Waals surface area (Å²) in [6, 6.07) is 0. The highest BCUT2D eigenvalue weighted by atomic mass is 16.2. The van der Waals surface area contributed by atoms with Gasteiger partial charge in [0, 0.05) is 43.9 Å². The van der Waals surface area contributed by atoms with Crippen molar-refractivity contribution >= 4 is 11.7 Å². The number of amides is 1. The Hall–Kier alpha value is -1.65. The number of aromatic nitrogens is 2. The monoisotopic (exact) mass is 356 g/mol. The van der Waals surface area contributed by atoms with E-state index in [-0.39, 0.29) is 0 Å². The third kappa shape index (κ3) is 3.21. The minimum absolute atomic E-state index is 0.296. The third-order valence-electron chi connectivity index (χ3n) is 6.95. The molecule has 1 saturated carbocycles. The first-order chi connectivity index (χ1) is 12.5. The van der Waals surface area contributed by atoms with Crippen molar-refractivity contribution in [3.63, 3.8) is 0 Å². The van der Waals surface area contributed by atoms with Gasteiger partial charge in [-0.3, -0.25) is 9.78 Å². The van der Waals surface area contributed by atoms with Gasteiger partial charge in [-0.25, -0.2) is 4.98 Å². The molecule has 0 N–H and O–H groups in total. The van der Waals surface area contributed by atoms with Crippen LogP contribution in [0, 0.1) is 17.3 Å². The Balaban J connectivity index is 1.28. The van der Waals surface area contributed by atoms with E-state index in [0.717, 1.165) is 62.4 Å². The molecule has 5 heteroatoms. The predicted octanol–water partition coefficient (Wildman–Crippen LogP) is 3.47. The topological polar surface area (TPSA) is 49.3 Å². The van der Waals surface area contributed by atoms with Gasteiger partial charge in [0.05, 0.1) is 18.1 Å². The fraction of sp³-hybridized carbons (Fsp3) is 0.762. The quantitative estimate of drug-likeness (QED) is 0.829. The number of likely N-dealkylation sites (tertiary alicyclic amines) is 1. The van der Waals surface area contributed by atoms with E-state index in [1.807, 2.05) is 24.2 Å². The minimum Gasteiger partial charge on any atom is -0.355 e. The molecule has 0 atom stereocenters. The van der Waals surface area contributed by atoms with Gasteiger partial charge in [-0.05, 0) is 37.5 Å². The molecular weight excluding hydrogens is 324 g/mol. The van der Waals surface area contributed by atoms with Crippen LogP contribution in [0.4, 0.5) is 5.82 Å². The second-order valence-corrected chi connectivity index (χ2v) is 9.08. The maximum Gasteiger partial charge on any atom is 0.222 e. The van der Waals surface area contributed by atoms with E-state index < -0.39 is 0 Å². The number of carbonyl (C=O) groups excluding carboxylic acids is 1. The number of anilines is 1. The van der Waals surface area contributed by atoms with Crippen LogP contribution in [0.5, 0.6) is 0 Å². The molecule has 4 rings (SSSR count). The molecule has 142 valence electrons. The molecule has 1 amide bonds. The Morgan fingerprint density at radius 1 is 1.19 bits per heavy atom. The molecule has 2 saturated heterocycles. The molecule has 26 heavy (non-hydrogen) atoms. The van der Waals surface area contributed by atoms with Crippen molar-refractivity contribution in [1.29, 1.82) is 0 Å². The fourth-order valence-electron chi connectivity index (χ4n) is 5.12. The van der Waals surface area contributed by atoms with Gasteiger partial charge in [0.1, 0.15) is 5.82 Å². The predicted molar refractivity (Wildman–Crippen MR) is 103 cm³/mol. The highest BCUT2D eigenvalue weighted by Crippen LogP contribution is 2.55. The van der Waals surface area contributed by atoms with Crippen molar-refractivity contribution in [2.75, 3.05) is 31.1 Å². The average Bonchev–Trinajstić information content (AvgIpc) is 2.59. The summed E-state index contributed by atoms with van der Waals surface area (Å²) < 4.78 is 0. The highest BCUT2D eigenvalue weighted by Gasteiger charge is 2.53. The molecule has 3 fully saturated rings. The van der Waals surface area contributed by atoms with Gasteiger partial charge in [0.25, 0.3) is 0 Å². The van der Waals surface area contributed by atoms with Gasteiger partial charge in [0.2, 0.25) is 5.91 Å². The summed E-state index contributed by atoms with van der Waals surface area (Å²) in [7, 11) is 0. The van der Waals surface area contributed by atoms with E-state index in [4.69, 9.17) is 9.97 Å². The zero-order chi connectivity index (χ0) is 18.3. The molecule has 1 aromatic heterocycles. The van der Waals surface area contributed by atoms with E-state index >= 15 is 0 Å². The fourth-order valence-corrected chi connectivity index (χ4v) is 5.12. The lowest BCUT2D eigenvalue weighted by Crippen LogP contribution is -2.63. The number of carbonyl (C=O) groups is 1. The minimum atomic E-state index is 0.296. The molecule has 3 aliphatic rings. The first kappa shape index (κ1) is 17.7. The SMILES string of the molecule is CCC(=O)N1CC2(CC(c3cnc(N4CCC(C(C)C)CC4)cn3)C2)C1. The van der Waals surface area contributed by atoms with Crippen molar-refractivity contribution in [2.24, 2.45) is 17.3 Å². The Labute approximate surface area is 157 Å². The molecule has 0 unspecified atom stereocenters. The molecular formula is C21H32N4O. The van der Waals surface area contributed by atoms with Crippen molar-refractivity contribution < 1.29 is 4.79 Å². The van der Waals surface area contributed by atoms with E-state index in [1.54, 1.807) is 0 Å². The molecule has 0 radical (unpaired) electrons. The van der Waals surface area contributed by atoms with E-state index in [9.17, 15) is 4.79 Å². The Kier molecular flexibility index (Phi) is 4.66. The smallest absolute Gasteiger partial charge is 0.222 e. The number of hydrogen-bond acceptors (Lipinski definition) is 4. The highest BCUT2D eigenvalue weighted by molar-refractivity contribution is 5.77. The first-order valence-electron chi connectivity index (χ1n) is 10.3. The standard InChI is InChI=1S/C21H32N4O/c1-4-20(26)25-13-21(14-25)9-17(10-21)18-11-23-19(12-22-18)24-7-5-16(6-8-24)15(2)3/h11-12,15-17H,4-10,13-14H2,1-3H3. The van der Waals surface area contributed by atoms with E-state index in [0.29, 0.717) is 23.7 Å². The molecule has 5 nitrogen and oxygen atoms in total. The zero-order valence-electron chi connectivity index (χ0n) is 16.4. The normalized spacial score (nSPS) is 23.2. The third-order valence-corrected chi connectivity index (χ3v) is 6.95. The van der Waals surface area contributed by atoms with Gasteiger partial charge in [-0.15, -0.1) is 0 Å². The van der Waals surface area contributed by atoms with Crippen LogP contribution in [0.3, 0.4) is 0 Å². The Bertz CT molecular complexity index is 634. The second kappa shape index (κ2) is 6.82. The van der Waals surface area contributed by atoms with Gasteiger partial charge in [-0.1, -0.05) is 20.8 Å². The molecule has 1 aromatic rings. The molecule has 2 aliphatic heterocycles. The Morgan fingerprint density at radius 2 is 1.88 bits per heavy atom.